The van der Waals surface area contributed by atoms with Gasteiger partial charge < -0.3 is 9.64 Å². The Bertz CT molecular complexity index is 1500. The van der Waals surface area contributed by atoms with Crippen LogP contribution in [0.2, 0.25) is 0 Å². The summed E-state index contributed by atoms with van der Waals surface area (Å²) in [6, 6.07) is 18.3. The van der Waals surface area contributed by atoms with Gasteiger partial charge in [-0.25, -0.2) is 9.97 Å². The minimum absolute atomic E-state index is 0.105. The van der Waals surface area contributed by atoms with Crippen molar-refractivity contribution in [3.8, 4) is 17.1 Å². The van der Waals surface area contributed by atoms with Crippen molar-refractivity contribution < 1.29 is 9.53 Å². The van der Waals surface area contributed by atoms with Gasteiger partial charge in [0.25, 0.3) is 0 Å². The number of hydrogen-bond donors (Lipinski definition) is 0. The van der Waals surface area contributed by atoms with Gasteiger partial charge in [-0.15, -0.1) is 0 Å². The van der Waals surface area contributed by atoms with Crippen LogP contribution in [-0.4, -0.2) is 38.9 Å². The molecule has 1 aliphatic heterocycles. The first-order chi connectivity index (χ1) is 18.1. The van der Waals surface area contributed by atoms with Crippen molar-refractivity contribution in [2.75, 3.05) is 13.2 Å². The average Bonchev–Trinajstić information content (AvgIpc) is 3.48. The first-order valence-corrected chi connectivity index (χ1v) is 14.0. The molecule has 0 saturated heterocycles. The molecule has 186 valence electrons. The number of amides is 1. The van der Waals surface area contributed by atoms with Gasteiger partial charge in [-0.2, -0.15) is 0 Å². The van der Waals surface area contributed by atoms with Gasteiger partial charge in [0.2, 0.25) is 5.91 Å². The Kier molecular flexibility index (Phi) is 5.64. The number of halogens is 1. The molecule has 4 aromatic rings. The van der Waals surface area contributed by atoms with E-state index in [4.69, 9.17) is 9.72 Å². The number of ether oxygens (including phenoxy) is 1. The van der Waals surface area contributed by atoms with Gasteiger partial charge in [-0.1, -0.05) is 18.2 Å². The SMILES string of the molecule is O=C([C@H]1CC2(COc3ccc(I)cc3)CC1C2)N1CCc2cnc(-c3cnc4ccccc4c3)nc2C1. The van der Waals surface area contributed by atoms with Crippen LogP contribution in [-0.2, 0) is 17.8 Å². The van der Waals surface area contributed by atoms with Gasteiger partial charge in [0.15, 0.2) is 5.82 Å². The van der Waals surface area contributed by atoms with Gasteiger partial charge in [-0.05, 0) is 96.2 Å². The third-order valence-corrected chi connectivity index (χ3v) is 9.11. The minimum atomic E-state index is 0.105. The first kappa shape index (κ1) is 23.1. The maximum absolute atomic E-state index is 13.6. The van der Waals surface area contributed by atoms with E-state index in [-0.39, 0.29) is 17.2 Å². The molecular formula is C30H27IN4O2. The summed E-state index contributed by atoms with van der Waals surface area (Å²) in [6.45, 7) is 1.99. The number of rotatable bonds is 5. The quantitative estimate of drug-likeness (QED) is 0.275. The summed E-state index contributed by atoms with van der Waals surface area (Å²) in [5.41, 5.74) is 4.11. The van der Waals surface area contributed by atoms with Gasteiger partial charge >= 0.3 is 0 Å². The van der Waals surface area contributed by atoms with Crippen molar-refractivity contribution in [3.63, 3.8) is 0 Å². The Morgan fingerprint density at radius 3 is 2.76 bits per heavy atom. The predicted molar refractivity (Wildman–Crippen MR) is 150 cm³/mol. The van der Waals surface area contributed by atoms with Crippen molar-refractivity contribution in [2.45, 2.75) is 32.2 Å². The second kappa shape index (κ2) is 9.04. The summed E-state index contributed by atoms with van der Waals surface area (Å²) in [5.74, 6) is 2.46. The highest BCUT2D eigenvalue weighted by molar-refractivity contribution is 14.1. The Labute approximate surface area is 229 Å². The van der Waals surface area contributed by atoms with E-state index in [1.807, 2.05) is 47.6 Å². The normalized spacial score (nSPS) is 24.0. The smallest absolute Gasteiger partial charge is 0.226 e. The lowest BCUT2D eigenvalue weighted by molar-refractivity contribution is -0.137. The maximum Gasteiger partial charge on any atom is 0.226 e. The Morgan fingerprint density at radius 1 is 1.05 bits per heavy atom. The van der Waals surface area contributed by atoms with Crippen LogP contribution in [0.1, 0.15) is 30.5 Å². The van der Waals surface area contributed by atoms with Crippen LogP contribution in [0.3, 0.4) is 0 Å². The molecule has 2 aromatic carbocycles. The topological polar surface area (TPSA) is 68.2 Å². The van der Waals surface area contributed by atoms with Gasteiger partial charge in [0, 0.05) is 44.8 Å². The van der Waals surface area contributed by atoms with Crippen LogP contribution < -0.4 is 4.74 Å². The number of fused-ring (bicyclic) bond motifs is 3. The molecule has 4 aliphatic rings. The van der Waals surface area contributed by atoms with E-state index in [2.05, 4.69) is 56.8 Å². The highest BCUT2D eigenvalue weighted by Crippen LogP contribution is 2.62. The molecule has 0 N–H and O–H groups in total. The van der Waals surface area contributed by atoms with Crippen LogP contribution in [0.4, 0.5) is 0 Å². The molecule has 37 heavy (non-hydrogen) atoms. The van der Waals surface area contributed by atoms with Crippen molar-refractivity contribution in [3.05, 3.63) is 81.8 Å². The van der Waals surface area contributed by atoms with Crippen molar-refractivity contribution in [1.82, 2.24) is 19.9 Å². The third-order valence-electron chi connectivity index (χ3n) is 8.39. The molecule has 1 atom stereocenters. The molecule has 8 rings (SSSR count). The fraction of sp³-hybridized carbons (Fsp3) is 0.333. The first-order valence-electron chi connectivity index (χ1n) is 12.9. The second-order valence-electron chi connectivity index (χ2n) is 10.8. The zero-order valence-electron chi connectivity index (χ0n) is 20.4. The Balaban J connectivity index is 1.04. The van der Waals surface area contributed by atoms with E-state index >= 15 is 0 Å². The molecule has 3 fully saturated rings. The molecule has 2 aromatic heterocycles. The van der Waals surface area contributed by atoms with Gasteiger partial charge in [0.05, 0.1) is 24.4 Å². The molecule has 3 aliphatic carbocycles. The zero-order valence-corrected chi connectivity index (χ0v) is 22.6. The Hall–Kier alpha value is -3.07. The molecule has 6 nitrogen and oxygen atoms in total. The van der Waals surface area contributed by atoms with E-state index in [9.17, 15) is 4.79 Å². The number of nitrogens with zero attached hydrogens (tertiary/aromatic N) is 4. The lowest BCUT2D eigenvalue weighted by Gasteiger charge is -2.38. The highest BCUT2D eigenvalue weighted by Gasteiger charge is 2.59. The van der Waals surface area contributed by atoms with E-state index in [1.165, 1.54) is 3.57 Å². The molecule has 0 unspecified atom stereocenters. The fourth-order valence-electron chi connectivity index (χ4n) is 6.43. The summed E-state index contributed by atoms with van der Waals surface area (Å²) >= 11 is 2.30. The highest BCUT2D eigenvalue weighted by atomic mass is 127. The molecule has 2 bridgehead atoms. The minimum Gasteiger partial charge on any atom is -0.493 e. The van der Waals surface area contributed by atoms with Crippen molar-refractivity contribution >= 4 is 39.4 Å². The summed E-state index contributed by atoms with van der Waals surface area (Å²) in [7, 11) is 0. The average molecular weight is 602 g/mol. The lowest BCUT2D eigenvalue weighted by Crippen LogP contribution is -2.41. The lowest BCUT2D eigenvalue weighted by atomic mass is 9.70. The molecule has 1 amide bonds. The van der Waals surface area contributed by atoms with E-state index in [0.717, 1.165) is 65.7 Å². The monoisotopic (exact) mass is 602 g/mol. The number of hydrogen-bond acceptors (Lipinski definition) is 5. The Morgan fingerprint density at radius 2 is 1.89 bits per heavy atom. The number of carbonyl (C=O) groups is 1. The summed E-state index contributed by atoms with van der Waals surface area (Å²) in [5, 5.41) is 1.07. The predicted octanol–water partition coefficient (Wildman–Crippen LogP) is 5.68. The van der Waals surface area contributed by atoms with Gasteiger partial charge in [-0.3, -0.25) is 9.78 Å². The van der Waals surface area contributed by atoms with Crippen LogP contribution in [0.5, 0.6) is 5.75 Å². The van der Waals surface area contributed by atoms with Gasteiger partial charge in [0.1, 0.15) is 5.75 Å². The number of pyridine rings is 1. The fourth-order valence-corrected chi connectivity index (χ4v) is 6.79. The zero-order chi connectivity index (χ0) is 25.0. The van der Waals surface area contributed by atoms with Crippen LogP contribution in [0.25, 0.3) is 22.3 Å². The molecule has 0 spiro atoms. The maximum atomic E-state index is 13.6. The molecule has 3 saturated carbocycles. The van der Waals surface area contributed by atoms with E-state index < -0.39 is 0 Å². The van der Waals surface area contributed by atoms with Crippen LogP contribution in [0, 0.1) is 20.8 Å². The summed E-state index contributed by atoms with van der Waals surface area (Å²) < 4.78 is 7.34. The molecular weight excluding hydrogens is 575 g/mol. The van der Waals surface area contributed by atoms with Crippen LogP contribution >= 0.6 is 22.6 Å². The van der Waals surface area contributed by atoms with E-state index in [0.29, 0.717) is 24.9 Å². The van der Waals surface area contributed by atoms with Crippen molar-refractivity contribution in [2.24, 2.45) is 17.3 Å². The molecule has 3 heterocycles. The molecule has 7 heteroatoms. The second-order valence-corrected chi connectivity index (χ2v) is 12.1. The number of aromatic nitrogens is 3. The van der Waals surface area contributed by atoms with E-state index in [1.54, 1.807) is 0 Å². The third kappa shape index (κ3) is 4.27. The number of para-hydroxylation sites is 1. The number of carbonyl (C=O) groups excluding carboxylic acids is 1. The molecule has 0 radical (unpaired) electrons. The van der Waals surface area contributed by atoms with Crippen molar-refractivity contribution in [1.29, 1.82) is 0 Å². The standard InChI is InChI=1S/C30H27IN4O2/c31-23-5-7-24(8-6-23)37-18-30-12-22(13-30)25(14-30)29(36)35-10-9-20-15-33-28(34-27(20)17-35)21-11-19-3-1-2-4-26(19)32-16-21/h1-8,11,15-16,22,25H,9-10,12-14,17-18H2/t22?,25-,30?/m0/s1. The van der Waals surface area contributed by atoms with Crippen LogP contribution in [0.15, 0.2) is 67.0 Å². The summed E-state index contributed by atoms with van der Waals surface area (Å²) in [6.07, 6.45) is 7.69. The number of benzene rings is 2. The summed E-state index contributed by atoms with van der Waals surface area (Å²) in [4.78, 5) is 29.7. The largest absolute Gasteiger partial charge is 0.493 e.